The van der Waals surface area contributed by atoms with Gasteiger partial charge < -0.3 is 5.11 Å². The van der Waals surface area contributed by atoms with Gasteiger partial charge in [0.2, 0.25) is 0 Å². The number of rotatable bonds is 4. The van der Waals surface area contributed by atoms with Crippen LogP contribution in [0.1, 0.15) is 37.8 Å². The van der Waals surface area contributed by atoms with E-state index < -0.39 is 16.6 Å². The van der Waals surface area contributed by atoms with Crippen LogP contribution in [-0.4, -0.2) is 32.8 Å². The minimum atomic E-state index is -3.06. The Kier molecular flexibility index (Phi) is 4.19. The fourth-order valence-corrected chi connectivity index (χ4v) is 4.90. The Hall–Kier alpha value is -1.80. The molecule has 1 aromatic heterocycles. The normalized spacial score (nSPS) is 20.0. The maximum absolute atomic E-state index is 10.7. The van der Waals surface area contributed by atoms with Crippen LogP contribution in [0, 0.1) is 12.8 Å². The first kappa shape index (κ1) is 18.6. The van der Waals surface area contributed by atoms with E-state index in [1.807, 2.05) is 37.3 Å². The molecule has 0 saturated heterocycles. The van der Waals surface area contributed by atoms with Crippen molar-refractivity contribution in [1.82, 2.24) is 4.98 Å². The third kappa shape index (κ3) is 3.18. The first-order valence-corrected chi connectivity index (χ1v) is 10.7. The van der Waals surface area contributed by atoms with Gasteiger partial charge >= 0.3 is 0 Å². The molecule has 0 atom stereocenters. The lowest BCUT2D eigenvalue weighted by Gasteiger charge is -2.41. The second kappa shape index (κ2) is 6.10. The van der Waals surface area contributed by atoms with Gasteiger partial charge in [-0.2, -0.15) is 0 Å². The van der Waals surface area contributed by atoms with E-state index in [2.05, 4.69) is 0 Å². The van der Waals surface area contributed by atoms with Crippen LogP contribution < -0.4 is 8.61 Å². The number of hydrogen-bond acceptors (Lipinski definition) is 6. The van der Waals surface area contributed by atoms with Crippen molar-refractivity contribution < 1.29 is 14.2 Å². The smallest absolute Gasteiger partial charge is 0.174 e. The van der Waals surface area contributed by atoms with E-state index in [9.17, 15) is 14.2 Å². The Balaban J connectivity index is 1.77. The Morgan fingerprint density at radius 1 is 1.19 bits per heavy atom. The Labute approximate surface area is 162 Å². The van der Waals surface area contributed by atoms with Gasteiger partial charge in [0, 0.05) is 19.2 Å². The molecule has 1 aliphatic heterocycles. The highest BCUT2D eigenvalue weighted by atomic mass is 32.3. The first-order valence-electron chi connectivity index (χ1n) is 9.24. The van der Waals surface area contributed by atoms with Gasteiger partial charge in [-0.1, -0.05) is 12.1 Å². The fraction of sp³-hybridized carbons (Fsp3) is 0.450. The van der Waals surface area contributed by atoms with Gasteiger partial charge in [-0.05, 0) is 79.8 Å². The summed E-state index contributed by atoms with van der Waals surface area (Å²) in [5, 5.41) is 10.3. The van der Waals surface area contributed by atoms with E-state index >= 15 is 0 Å². The summed E-state index contributed by atoms with van der Waals surface area (Å²) in [6, 6.07) is 9.71. The molecular weight excluding hydrogens is 362 g/mol. The molecule has 0 unspecified atom stereocenters. The lowest BCUT2D eigenvalue weighted by molar-refractivity contribution is 0.0786. The van der Waals surface area contributed by atoms with Crippen LogP contribution in [0.25, 0.3) is 11.3 Å². The predicted octanol–water partition coefficient (Wildman–Crippen LogP) is 4.53. The van der Waals surface area contributed by atoms with Gasteiger partial charge in [-0.3, -0.25) is 9.11 Å². The minimum absolute atomic E-state index is 0.529. The predicted molar refractivity (Wildman–Crippen MR) is 111 cm³/mol. The van der Waals surface area contributed by atoms with Crippen molar-refractivity contribution in [3.05, 3.63) is 41.5 Å². The molecule has 146 valence electrons. The fourth-order valence-electron chi connectivity index (χ4n) is 3.43. The van der Waals surface area contributed by atoms with Crippen LogP contribution in [-0.2, 0) is 5.60 Å². The summed E-state index contributed by atoms with van der Waals surface area (Å²) in [7, 11) is -1.38. The Morgan fingerprint density at radius 2 is 1.89 bits per heavy atom. The maximum atomic E-state index is 10.7. The summed E-state index contributed by atoms with van der Waals surface area (Å²) in [6.07, 6.45) is 2.28. The highest BCUT2D eigenvalue weighted by molar-refractivity contribution is 8.26. The molecule has 1 aromatic carbocycles. The van der Waals surface area contributed by atoms with Crippen LogP contribution in [0.15, 0.2) is 30.3 Å². The summed E-state index contributed by atoms with van der Waals surface area (Å²) < 4.78 is 24.6. The molecule has 1 saturated carbocycles. The standard InChI is InChI=1S/C20H27N3O3S/c1-13-5-8-15(20(2,3)24)11-16(13)17-9-10-18-19(21-17)22(4)27(25,26)23(18)12-14-6-7-14/h5,8-11,14,24-26H,6-7,12H2,1-4H3. The summed E-state index contributed by atoms with van der Waals surface area (Å²) in [4.78, 5) is 4.77. The molecule has 6 nitrogen and oxygen atoms in total. The van der Waals surface area contributed by atoms with E-state index in [0.29, 0.717) is 18.3 Å². The van der Waals surface area contributed by atoms with Crippen molar-refractivity contribution in [3.8, 4) is 11.3 Å². The van der Waals surface area contributed by atoms with E-state index in [1.165, 1.54) is 4.31 Å². The van der Waals surface area contributed by atoms with Crippen LogP contribution in [0.2, 0.25) is 0 Å². The van der Waals surface area contributed by atoms with Gasteiger partial charge in [-0.25, -0.2) is 13.6 Å². The third-order valence-electron chi connectivity index (χ3n) is 5.43. The Morgan fingerprint density at radius 3 is 2.52 bits per heavy atom. The molecule has 27 heavy (non-hydrogen) atoms. The van der Waals surface area contributed by atoms with Gasteiger partial charge in [0.25, 0.3) is 0 Å². The lowest BCUT2D eigenvalue weighted by Crippen LogP contribution is -2.32. The summed E-state index contributed by atoms with van der Waals surface area (Å²) in [5.41, 5.74) is 3.39. The number of aliphatic hydroxyl groups is 1. The molecule has 0 bridgehead atoms. The quantitative estimate of drug-likeness (QED) is 0.713. The number of benzene rings is 1. The molecule has 2 aliphatic rings. The lowest BCUT2D eigenvalue weighted by atomic mass is 9.93. The highest BCUT2D eigenvalue weighted by Gasteiger charge is 2.42. The summed E-state index contributed by atoms with van der Waals surface area (Å²) >= 11 is 0. The second-order valence-electron chi connectivity index (χ2n) is 8.12. The van der Waals surface area contributed by atoms with Gasteiger partial charge in [0.15, 0.2) is 5.82 Å². The zero-order valence-corrected chi connectivity index (χ0v) is 17.0. The van der Waals surface area contributed by atoms with Crippen molar-refractivity contribution in [1.29, 1.82) is 0 Å². The van der Waals surface area contributed by atoms with Crippen LogP contribution >= 0.6 is 11.0 Å². The molecule has 7 heteroatoms. The average molecular weight is 390 g/mol. The second-order valence-corrected chi connectivity index (χ2v) is 10.1. The molecule has 1 fully saturated rings. The monoisotopic (exact) mass is 389 g/mol. The number of aromatic nitrogens is 1. The zero-order chi connectivity index (χ0) is 19.6. The van der Waals surface area contributed by atoms with Crippen molar-refractivity contribution in [2.24, 2.45) is 5.92 Å². The first-order chi connectivity index (χ1) is 12.6. The molecule has 0 radical (unpaired) electrons. The van der Waals surface area contributed by atoms with Crippen LogP contribution in [0.3, 0.4) is 0 Å². The van der Waals surface area contributed by atoms with E-state index in [-0.39, 0.29) is 0 Å². The largest absolute Gasteiger partial charge is 0.386 e. The van der Waals surface area contributed by atoms with Crippen molar-refractivity contribution in [3.63, 3.8) is 0 Å². The zero-order valence-electron chi connectivity index (χ0n) is 16.2. The number of hydrogen-bond donors (Lipinski definition) is 3. The van der Waals surface area contributed by atoms with Gasteiger partial charge in [0.1, 0.15) is 5.69 Å². The molecule has 0 amide bonds. The van der Waals surface area contributed by atoms with E-state index in [0.717, 1.165) is 40.9 Å². The van der Waals surface area contributed by atoms with Crippen molar-refractivity contribution in [2.45, 2.75) is 39.2 Å². The molecule has 4 rings (SSSR count). The van der Waals surface area contributed by atoms with Crippen LogP contribution in [0.5, 0.6) is 0 Å². The maximum Gasteiger partial charge on any atom is 0.174 e. The number of fused-ring (bicyclic) bond motifs is 1. The van der Waals surface area contributed by atoms with Crippen molar-refractivity contribution in [2.75, 3.05) is 22.2 Å². The Bertz CT molecular complexity index is 891. The number of aryl methyl sites for hydroxylation is 1. The summed E-state index contributed by atoms with van der Waals surface area (Å²) in [5.74, 6) is 1.11. The SMILES string of the molecule is Cc1ccc(C(C)(C)O)cc1-c1ccc2c(n1)N(C)S(O)(O)N2CC1CC1. The molecule has 2 aromatic rings. The average Bonchev–Trinajstić information content (AvgIpc) is 3.39. The third-order valence-corrected chi connectivity index (χ3v) is 7.27. The molecule has 3 N–H and O–H groups in total. The van der Waals surface area contributed by atoms with E-state index in [1.54, 1.807) is 25.2 Å². The summed E-state index contributed by atoms with van der Waals surface area (Å²) in [6.45, 7) is 6.18. The molecule has 0 spiro atoms. The van der Waals surface area contributed by atoms with Gasteiger partial charge in [-0.15, -0.1) is 0 Å². The van der Waals surface area contributed by atoms with Crippen LogP contribution in [0.4, 0.5) is 11.5 Å². The number of pyridine rings is 1. The van der Waals surface area contributed by atoms with Crippen molar-refractivity contribution >= 4 is 22.5 Å². The van der Waals surface area contributed by atoms with Gasteiger partial charge in [0.05, 0.1) is 11.3 Å². The number of anilines is 2. The molecule has 1 aliphatic carbocycles. The highest BCUT2D eigenvalue weighted by Crippen LogP contribution is 2.60. The minimum Gasteiger partial charge on any atom is -0.386 e. The number of nitrogens with zero attached hydrogens (tertiary/aromatic N) is 3. The molecule has 2 heterocycles. The topological polar surface area (TPSA) is 80.1 Å². The van der Waals surface area contributed by atoms with E-state index in [4.69, 9.17) is 4.98 Å². The molecular formula is C20H27N3O3S.